The van der Waals surface area contributed by atoms with Crippen molar-refractivity contribution < 1.29 is 9.13 Å². The molecule has 0 heterocycles. The first-order valence-corrected chi connectivity index (χ1v) is 7.21. The molecule has 0 aliphatic rings. The molecule has 0 saturated heterocycles. The van der Waals surface area contributed by atoms with Crippen molar-refractivity contribution in [2.75, 3.05) is 12.4 Å². The third-order valence-corrected chi connectivity index (χ3v) is 4.04. The van der Waals surface area contributed by atoms with Gasteiger partial charge in [0.25, 0.3) is 0 Å². The van der Waals surface area contributed by atoms with Gasteiger partial charge < -0.3 is 10.1 Å². The van der Waals surface area contributed by atoms with Crippen molar-refractivity contribution in [3.63, 3.8) is 0 Å². The number of methoxy groups -OCH3 is 1. The molecule has 0 aliphatic heterocycles. The quantitative estimate of drug-likeness (QED) is 0.814. The van der Waals surface area contributed by atoms with Crippen LogP contribution >= 0.6 is 27.5 Å². The number of hydrogen-bond donors (Lipinski definition) is 1. The molecule has 0 saturated carbocycles. The minimum absolute atomic E-state index is 0.241. The number of benzene rings is 2. The average Bonchev–Trinajstić information content (AvgIpc) is 2.43. The van der Waals surface area contributed by atoms with Gasteiger partial charge in [-0.15, -0.1) is 0 Å². The summed E-state index contributed by atoms with van der Waals surface area (Å²) < 4.78 is 19.9. The first kappa shape index (κ1) is 15.1. The van der Waals surface area contributed by atoms with E-state index >= 15 is 0 Å². The standard InChI is InChI=1S/C15H14BrClFNO/c1-9-6-11(16)13(7-12(9)17)19-8-10-4-3-5-14(20-2)15(10)18/h3-7,19H,8H2,1-2H3. The van der Waals surface area contributed by atoms with Crippen molar-refractivity contribution in [3.05, 3.63) is 56.8 Å². The lowest BCUT2D eigenvalue weighted by atomic mass is 10.2. The van der Waals surface area contributed by atoms with Gasteiger partial charge in [0.15, 0.2) is 11.6 Å². The van der Waals surface area contributed by atoms with E-state index in [1.54, 1.807) is 18.2 Å². The predicted octanol–water partition coefficient (Wildman–Crippen LogP) is 5.17. The molecule has 0 spiro atoms. The molecule has 0 fully saturated rings. The van der Waals surface area contributed by atoms with E-state index < -0.39 is 0 Å². The van der Waals surface area contributed by atoms with Gasteiger partial charge in [-0.05, 0) is 46.6 Å². The minimum Gasteiger partial charge on any atom is -0.494 e. The Morgan fingerprint density at radius 1 is 1.35 bits per heavy atom. The highest BCUT2D eigenvalue weighted by molar-refractivity contribution is 9.10. The molecular weight excluding hydrogens is 345 g/mol. The highest BCUT2D eigenvalue weighted by Crippen LogP contribution is 2.30. The van der Waals surface area contributed by atoms with Crippen LogP contribution in [0.1, 0.15) is 11.1 Å². The van der Waals surface area contributed by atoms with Gasteiger partial charge in [0.1, 0.15) is 0 Å². The molecule has 0 amide bonds. The zero-order valence-corrected chi connectivity index (χ0v) is 13.5. The highest BCUT2D eigenvalue weighted by Gasteiger charge is 2.09. The normalized spacial score (nSPS) is 10.4. The van der Waals surface area contributed by atoms with Crippen LogP contribution in [0.3, 0.4) is 0 Å². The number of ether oxygens (including phenoxy) is 1. The largest absolute Gasteiger partial charge is 0.494 e. The lowest BCUT2D eigenvalue weighted by molar-refractivity contribution is 0.384. The Morgan fingerprint density at radius 2 is 2.10 bits per heavy atom. The van der Waals surface area contributed by atoms with Crippen LogP contribution in [-0.2, 0) is 6.54 Å². The van der Waals surface area contributed by atoms with Crippen LogP contribution in [0.2, 0.25) is 5.02 Å². The van der Waals surface area contributed by atoms with E-state index in [0.29, 0.717) is 17.1 Å². The first-order chi connectivity index (χ1) is 9.52. The molecule has 2 aromatic rings. The summed E-state index contributed by atoms with van der Waals surface area (Å²) in [6.45, 7) is 2.28. The van der Waals surface area contributed by atoms with Crippen molar-refractivity contribution in [3.8, 4) is 5.75 Å². The molecule has 0 unspecified atom stereocenters. The summed E-state index contributed by atoms with van der Waals surface area (Å²) in [6.07, 6.45) is 0. The lowest BCUT2D eigenvalue weighted by Crippen LogP contribution is -2.03. The first-order valence-electron chi connectivity index (χ1n) is 6.04. The Labute approximate surface area is 131 Å². The molecule has 0 aromatic heterocycles. The molecule has 2 rings (SSSR count). The van der Waals surface area contributed by atoms with Crippen LogP contribution in [0.4, 0.5) is 10.1 Å². The Kier molecular flexibility index (Phi) is 4.89. The molecule has 1 N–H and O–H groups in total. The van der Waals surface area contributed by atoms with E-state index in [1.807, 2.05) is 19.1 Å². The van der Waals surface area contributed by atoms with Crippen molar-refractivity contribution in [2.45, 2.75) is 13.5 Å². The number of nitrogens with one attached hydrogen (secondary N) is 1. The molecule has 0 aliphatic carbocycles. The van der Waals surface area contributed by atoms with E-state index in [-0.39, 0.29) is 11.6 Å². The number of aryl methyl sites for hydroxylation is 1. The van der Waals surface area contributed by atoms with E-state index in [1.165, 1.54) is 7.11 Å². The maximum Gasteiger partial charge on any atom is 0.170 e. The Morgan fingerprint density at radius 3 is 2.80 bits per heavy atom. The fraction of sp³-hybridized carbons (Fsp3) is 0.200. The van der Waals surface area contributed by atoms with Crippen LogP contribution < -0.4 is 10.1 Å². The Balaban J connectivity index is 2.19. The zero-order chi connectivity index (χ0) is 14.7. The zero-order valence-electron chi connectivity index (χ0n) is 11.1. The molecule has 2 nitrogen and oxygen atoms in total. The summed E-state index contributed by atoms with van der Waals surface area (Å²) in [5, 5.41) is 3.83. The van der Waals surface area contributed by atoms with Gasteiger partial charge in [-0.2, -0.15) is 0 Å². The van der Waals surface area contributed by atoms with Crippen LogP contribution in [0.5, 0.6) is 5.75 Å². The van der Waals surface area contributed by atoms with Crippen molar-refractivity contribution >= 4 is 33.2 Å². The van der Waals surface area contributed by atoms with Gasteiger partial charge in [-0.3, -0.25) is 0 Å². The molecule has 2 aromatic carbocycles. The second-order valence-corrected chi connectivity index (χ2v) is 5.63. The maximum absolute atomic E-state index is 14.0. The summed E-state index contributed by atoms with van der Waals surface area (Å²) in [4.78, 5) is 0. The van der Waals surface area contributed by atoms with Gasteiger partial charge in [-0.25, -0.2) is 4.39 Å². The monoisotopic (exact) mass is 357 g/mol. The third-order valence-electron chi connectivity index (χ3n) is 2.98. The molecule has 0 bridgehead atoms. The van der Waals surface area contributed by atoms with Gasteiger partial charge in [-0.1, -0.05) is 23.7 Å². The number of hydrogen-bond acceptors (Lipinski definition) is 2. The maximum atomic E-state index is 14.0. The van der Waals surface area contributed by atoms with Gasteiger partial charge in [0.05, 0.1) is 12.8 Å². The van der Waals surface area contributed by atoms with Gasteiger partial charge in [0.2, 0.25) is 0 Å². The summed E-state index contributed by atoms with van der Waals surface area (Å²) in [5.74, 6) is -0.109. The molecule has 20 heavy (non-hydrogen) atoms. The highest BCUT2D eigenvalue weighted by atomic mass is 79.9. The van der Waals surface area contributed by atoms with E-state index in [0.717, 1.165) is 15.7 Å². The van der Waals surface area contributed by atoms with Crippen LogP contribution in [-0.4, -0.2) is 7.11 Å². The summed E-state index contributed by atoms with van der Waals surface area (Å²) in [5.41, 5.74) is 2.34. The summed E-state index contributed by atoms with van der Waals surface area (Å²) in [7, 11) is 1.45. The second-order valence-electron chi connectivity index (χ2n) is 4.37. The average molecular weight is 359 g/mol. The number of halogens is 3. The lowest BCUT2D eigenvalue weighted by Gasteiger charge is -2.12. The van der Waals surface area contributed by atoms with E-state index in [9.17, 15) is 4.39 Å². The van der Waals surface area contributed by atoms with E-state index in [4.69, 9.17) is 16.3 Å². The summed E-state index contributed by atoms with van der Waals surface area (Å²) in [6, 6.07) is 8.81. The van der Waals surface area contributed by atoms with Crippen molar-refractivity contribution in [1.82, 2.24) is 0 Å². The summed E-state index contributed by atoms with van der Waals surface area (Å²) >= 11 is 9.55. The smallest absolute Gasteiger partial charge is 0.170 e. The third kappa shape index (κ3) is 3.25. The molecule has 0 atom stereocenters. The molecule has 106 valence electrons. The topological polar surface area (TPSA) is 21.3 Å². The fourth-order valence-electron chi connectivity index (χ4n) is 1.82. The van der Waals surface area contributed by atoms with Crippen LogP contribution in [0.15, 0.2) is 34.8 Å². The fourth-order valence-corrected chi connectivity index (χ4v) is 2.58. The Hall–Kier alpha value is -1.26. The number of rotatable bonds is 4. The van der Waals surface area contributed by atoms with Gasteiger partial charge >= 0.3 is 0 Å². The molecular formula is C15H14BrClFNO. The van der Waals surface area contributed by atoms with Gasteiger partial charge in [0, 0.05) is 21.6 Å². The SMILES string of the molecule is COc1cccc(CNc2cc(Cl)c(C)cc2Br)c1F. The molecule has 5 heteroatoms. The van der Waals surface area contributed by atoms with Crippen LogP contribution in [0, 0.1) is 12.7 Å². The second kappa shape index (κ2) is 6.46. The van der Waals surface area contributed by atoms with E-state index in [2.05, 4.69) is 21.2 Å². The van der Waals surface area contributed by atoms with Crippen LogP contribution in [0.25, 0.3) is 0 Å². The Bertz CT molecular complexity index is 634. The minimum atomic E-state index is -0.350. The number of anilines is 1. The van der Waals surface area contributed by atoms with Crippen molar-refractivity contribution in [2.24, 2.45) is 0 Å². The predicted molar refractivity (Wildman–Crippen MR) is 84.2 cm³/mol. The van der Waals surface area contributed by atoms with Crippen molar-refractivity contribution in [1.29, 1.82) is 0 Å². The molecule has 0 radical (unpaired) electrons.